The molecular weight excluding hydrogens is 400 g/mol. The number of nitrogens with zero attached hydrogens (tertiary/aromatic N) is 2. The quantitative estimate of drug-likeness (QED) is 0.378. The van der Waals surface area contributed by atoms with Crippen molar-refractivity contribution in [2.24, 2.45) is 0 Å². The Morgan fingerprint density at radius 2 is 1.77 bits per heavy atom. The zero-order valence-electron chi connectivity index (χ0n) is 18.2. The lowest BCUT2D eigenvalue weighted by Gasteiger charge is -2.26. The molecule has 0 bridgehead atoms. The molecular formula is C22H32N4O5. The van der Waals surface area contributed by atoms with Crippen LogP contribution in [0.4, 0.5) is 0 Å². The molecule has 2 heterocycles. The number of hydrogen-bond acceptors (Lipinski definition) is 6. The fraction of sp³-hybridized carbons (Fsp3) is 0.591. The summed E-state index contributed by atoms with van der Waals surface area (Å²) in [7, 11) is 3.29. The largest absolute Gasteiger partial charge is 0.379 e. The minimum absolute atomic E-state index is 0.207. The number of likely N-dealkylation sites (N-methyl/N-ethyl adjacent to an activating group) is 1. The molecule has 9 heteroatoms. The van der Waals surface area contributed by atoms with Gasteiger partial charge in [0, 0.05) is 40.2 Å². The van der Waals surface area contributed by atoms with Gasteiger partial charge in [-0.1, -0.05) is 30.3 Å². The molecule has 1 aromatic carbocycles. The Bertz CT molecular complexity index is 752. The standard InChI is InChI=1S/C22H32N4O5/c1-25(2)22(29)17(15-16-7-4-3-5-8-16)24-21(28)19-18(31-19)20(27)23-9-6-10-26-11-13-30-14-12-26/h3-5,7-8,17-19H,6,9-15H2,1-2H3,(H,23,27)(H,24,28)/t17-,18-,19-/m0/s1. The molecule has 0 aliphatic carbocycles. The van der Waals surface area contributed by atoms with Crippen molar-refractivity contribution < 1.29 is 23.9 Å². The highest BCUT2D eigenvalue weighted by Gasteiger charge is 2.50. The summed E-state index contributed by atoms with van der Waals surface area (Å²) in [6.07, 6.45) is -0.455. The van der Waals surface area contributed by atoms with Gasteiger partial charge in [0.2, 0.25) is 5.91 Å². The molecule has 3 rings (SSSR count). The van der Waals surface area contributed by atoms with Gasteiger partial charge in [0.1, 0.15) is 6.04 Å². The molecule has 0 spiro atoms. The van der Waals surface area contributed by atoms with Gasteiger partial charge in [0.05, 0.1) is 13.2 Å². The van der Waals surface area contributed by atoms with Gasteiger partial charge in [0.25, 0.3) is 11.8 Å². The van der Waals surface area contributed by atoms with Gasteiger partial charge in [-0.2, -0.15) is 0 Å². The molecule has 0 unspecified atom stereocenters. The highest BCUT2D eigenvalue weighted by molar-refractivity contribution is 5.97. The van der Waals surface area contributed by atoms with Crippen molar-refractivity contribution in [3.8, 4) is 0 Å². The first-order valence-electron chi connectivity index (χ1n) is 10.7. The van der Waals surface area contributed by atoms with Crippen molar-refractivity contribution in [3.05, 3.63) is 35.9 Å². The van der Waals surface area contributed by atoms with Gasteiger partial charge in [-0.05, 0) is 18.5 Å². The Balaban J connectivity index is 1.42. The van der Waals surface area contributed by atoms with E-state index in [1.54, 1.807) is 14.1 Å². The number of nitrogens with one attached hydrogen (secondary N) is 2. The van der Waals surface area contributed by atoms with Crippen molar-refractivity contribution in [3.63, 3.8) is 0 Å². The fourth-order valence-corrected chi connectivity index (χ4v) is 3.57. The monoisotopic (exact) mass is 432 g/mol. The molecule has 3 atom stereocenters. The Morgan fingerprint density at radius 3 is 2.45 bits per heavy atom. The Labute approximate surface area is 183 Å². The molecule has 2 fully saturated rings. The van der Waals surface area contributed by atoms with E-state index in [1.807, 2.05) is 30.3 Å². The minimum atomic E-state index is -0.854. The van der Waals surface area contributed by atoms with Gasteiger partial charge in [-0.25, -0.2) is 0 Å². The Kier molecular flexibility index (Phi) is 8.39. The number of morpholine rings is 1. The summed E-state index contributed by atoms with van der Waals surface area (Å²) in [6, 6.07) is 8.76. The molecule has 31 heavy (non-hydrogen) atoms. The number of benzene rings is 1. The molecule has 2 aliphatic rings. The van der Waals surface area contributed by atoms with Crippen LogP contribution < -0.4 is 10.6 Å². The van der Waals surface area contributed by atoms with Crippen LogP contribution in [0.2, 0.25) is 0 Å². The van der Waals surface area contributed by atoms with Crippen molar-refractivity contribution >= 4 is 17.7 Å². The van der Waals surface area contributed by atoms with E-state index in [9.17, 15) is 14.4 Å². The molecule has 2 N–H and O–H groups in total. The topological polar surface area (TPSA) is 104 Å². The summed E-state index contributed by atoms with van der Waals surface area (Å²) >= 11 is 0. The first kappa shape index (κ1) is 23.2. The second-order valence-electron chi connectivity index (χ2n) is 8.06. The molecule has 3 amide bonds. The lowest BCUT2D eigenvalue weighted by atomic mass is 10.0. The van der Waals surface area contributed by atoms with Crippen LogP contribution in [-0.4, -0.2) is 99.3 Å². The van der Waals surface area contributed by atoms with Gasteiger partial charge in [-0.3, -0.25) is 19.3 Å². The molecule has 0 saturated carbocycles. The predicted octanol–water partition coefficient (Wildman–Crippen LogP) is -0.592. The van der Waals surface area contributed by atoms with Crippen LogP contribution in [0.3, 0.4) is 0 Å². The first-order valence-corrected chi connectivity index (χ1v) is 10.7. The maximum atomic E-state index is 12.6. The summed E-state index contributed by atoms with van der Waals surface area (Å²) in [5.74, 6) is -0.938. The van der Waals surface area contributed by atoms with E-state index in [0.29, 0.717) is 13.0 Å². The van der Waals surface area contributed by atoms with Gasteiger partial charge in [-0.15, -0.1) is 0 Å². The zero-order chi connectivity index (χ0) is 22.2. The van der Waals surface area contributed by atoms with Crippen molar-refractivity contribution in [1.82, 2.24) is 20.4 Å². The molecule has 9 nitrogen and oxygen atoms in total. The number of epoxide rings is 1. The van der Waals surface area contributed by atoms with E-state index in [4.69, 9.17) is 9.47 Å². The SMILES string of the molecule is CN(C)C(=O)[C@H](Cc1ccccc1)NC(=O)[C@H]1O[C@@H]1C(=O)NCCCN1CCOCC1. The summed E-state index contributed by atoms with van der Waals surface area (Å²) in [5, 5.41) is 5.58. The van der Waals surface area contributed by atoms with Crippen molar-refractivity contribution in [2.45, 2.75) is 31.1 Å². The molecule has 0 radical (unpaired) electrons. The molecule has 1 aromatic rings. The first-order chi connectivity index (χ1) is 15.0. The molecule has 0 aromatic heterocycles. The lowest BCUT2D eigenvalue weighted by molar-refractivity contribution is -0.134. The van der Waals surface area contributed by atoms with Crippen LogP contribution in [0.15, 0.2) is 30.3 Å². The number of amides is 3. The fourth-order valence-electron chi connectivity index (χ4n) is 3.57. The van der Waals surface area contributed by atoms with Gasteiger partial charge in [0.15, 0.2) is 12.2 Å². The predicted molar refractivity (Wildman–Crippen MR) is 114 cm³/mol. The smallest absolute Gasteiger partial charge is 0.253 e. The zero-order valence-corrected chi connectivity index (χ0v) is 18.2. The maximum Gasteiger partial charge on any atom is 0.253 e. The maximum absolute atomic E-state index is 12.6. The second-order valence-corrected chi connectivity index (χ2v) is 8.06. The summed E-state index contributed by atoms with van der Waals surface area (Å²) in [6.45, 7) is 4.75. The molecule has 170 valence electrons. The average Bonchev–Trinajstić information content (AvgIpc) is 3.58. The minimum Gasteiger partial charge on any atom is -0.379 e. The van der Waals surface area contributed by atoms with Crippen molar-refractivity contribution in [2.75, 3.05) is 53.5 Å². The van der Waals surface area contributed by atoms with E-state index in [0.717, 1.165) is 44.8 Å². The summed E-state index contributed by atoms with van der Waals surface area (Å²) < 4.78 is 10.6. The van der Waals surface area contributed by atoms with E-state index < -0.39 is 24.2 Å². The van der Waals surface area contributed by atoms with E-state index >= 15 is 0 Å². The van der Waals surface area contributed by atoms with Crippen LogP contribution in [0, 0.1) is 0 Å². The third-order valence-electron chi connectivity index (χ3n) is 5.40. The number of hydrogen-bond donors (Lipinski definition) is 2. The van der Waals surface area contributed by atoms with Crippen LogP contribution in [-0.2, 0) is 30.3 Å². The van der Waals surface area contributed by atoms with E-state index in [-0.39, 0.29) is 11.8 Å². The van der Waals surface area contributed by atoms with Crippen molar-refractivity contribution in [1.29, 1.82) is 0 Å². The Morgan fingerprint density at radius 1 is 1.10 bits per heavy atom. The normalized spacial score (nSPS) is 21.7. The molecule has 2 aliphatic heterocycles. The van der Waals surface area contributed by atoms with Gasteiger partial charge < -0.3 is 25.0 Å². The highest BCUT2D eigenvalue weighted by Crippen LogP contribution is 2.22. The third-order valence-corrected chi connectivity index (χ3v) is 5.40. The lowest BCUT2D eigenvalue weighted by Crippen LogP contribution is -2.49. The third kappa shape index (κ3) is 7.02. The summed E-state index contributed by atoms with van der Waals surface area (Å²) in [4.78, 5) is 41.1. The highest BCUT2D eigenvalue weighted by atomic mass is 16.6. The van der Waals surface area contributed by atoms with Crippen LogP contribution in [0.5, 0.6) is 0 Å². The number of carbonyl (C=O) groups excluding carboxylic acids is 3. The Hall–Kier alpha value is -2.49. The second kappa shape index (κ2) is 11.2. The summed E-state index contributed by atoms with van der Waals surface area (Å²) in [5.41, 5.74) is 0.939. The van der Waals surface area contributed by atoms with Gasteiger partial charge >= 0.3 is 0 Å². The number of ether oxygens (including phenoxy) is 2. The van der Waals surface area contributed by atoms with E-state index in [2.05, 4.69) is 15.5 Å². The number of carbonyl (C=O) groups is 3. The van der Waals surface area contributed by atoms with E-state index in [1.165, 1.54) is 4.90 Å². The number of rotatable bonds is 10. The molecule has 2 saturated heterocycles. The van der Waals surface area contributed by atoms with Crippen LogP contribution >= 0.6 is 0 Å². The average molecular weight is 433 g/mol. The van der Waals surface area contributed by atoms with Crippen LogP contribution in [0.25, 0.3) is 0 Å². The van der Waals surface area contributed by atoms with Crippen LogP contribution in [0.1, 0.15) is 12.0 Å².